The van der Waals surface area contributed by atoms with Gasteiger partial charge in [0.15, 0.2) is 0 Å². The van der Waals surface area contributed by atoms with Crippen LogP contribution in [0.15, 0.2) is 212 Å². The normalized spacial score (nSPS) is 14.2. The summed E-state index contributed by atoms with van der Waals surface area (Å²) in [6.45, 7) is 4.74. The second-order valence-corrected chi connectivity index (χ2v) is 16.8. The van der Waals surface area contributed by atoms with Crippen molar-refractivity contribution in [1.29, 1.82) is 0 Å². The van der Waals surface area contributed by atoms with E-state index in [1.807, 2.05) is 0 Å². The fourth-order valence-electron chi connectivity index (χ4n) is 11.0. The van der Waals surface area contributed by atoms with Crippen molar-refractivity contribution in [1.82, 2.24) is 0 Å². The summed E-state index contributed by atoms with van der Waals surface area (Å²) in [5, 5.41) is 0. The first kappa shape index (κ1) is 33.9. The van der Waals surface area contributed by atoms with E-state index in [1.54, 1.807) is 0 Å². The van der Waals surface area contributed by atoms with Gasteiger partial charge >= 0.3 is 0 Å². The molecular formula is C58H41N. The van der Waals surface area contributed by atoms with Crippen LogP contribution in [-0.4, -0.2) is 0 Å². The molecule has 278 valence electrons. The molecule has 0 amide bonds. The van der Waals surface area contributed by atoms with Crippen LogP contribution in [0.3, 0.4) is 0 Å². The molecule has 0 saturated carbocycles. The predicted octanol–water partition coefficient (Wildman–Crippen LogP) is 15.1. The fourth-order valence-corrected chi connectivity index (χ4v) is 11.0. The van der Waals surface area contributed by atoms with Crippen molar-refractivity contribution >= 4 is 17.1 Å². The van der Waals surface area contributed by atoms with Crippen molar-refractivity contribution in [3.05, 3.63) is 246 Å². The molecule has 59 heavy (non-hydrogen) atoms. The highest BCUT2D eigenvalue weighted by Gasteiger charge is 2.52. The Morgan fingerprint density at radius 1 is 0.305 bits per heavy atom. The van der Waals surface area contributed by atoms with Gasteiger partial charge in [-0.05, 0) is 114 Å². The summed E-state index contributed by atoms with van der Waals surface area (Å²) < 4.78 is 0. The van der Waals surface area contributed by atoms with Gasteiger partial charge in [0.05, 0.1) is 11.1 Å². The number of fused-ring (bicyclic) bond motifs is 13. The van der Waals surface area contributed by atoms with Crippen LogP contribution >= 0.6 is 0 Å². The molecule has 0 heterocycles. The number of hydrogen-bond acceptors (Lipinski definition) is 1. The van der Waals surface area contributed by atoms with Crippen LogP contribution in [-0.2, 0) is 10.8 Å². The van der Waals surface area contributed by atoms with E-state index in [0.717, 1.165) is 17.1 Å². The average Bonchev–Trinajstić information content (AvgIpc) is 3.86. The summed E-state index contributed by atoms with van der Waals surface area (Å²) in [5.74, 6) is 0. The number of anilines is 3. The number of hydrogen-bond donors (Lipinski definition) is 0. The van der Waals surface area contributed by atoms with Gasteiger partial charge in [-0.2, -0.15) is 0 Å². The summed E-state index contributed by atoms with van der Waals surface area (Å²) in [7, 11) is 0. The van der Waals surface area contributed by atoms with Crippen LogP contribution < -0.4 is 4.90 Å². The minimum Gasteiger partial charge on any atom is -0.310 e. The van der Waals surface area contributed by atoms with E-state index in [-0.39, 0.29) is 5.41 Å². The van der Waals surface area contributed by atoms with Crippen LogP contribution in [0.25, 0.3) is 55.6 Å². The molecular weight excluding hydrogens is 711 g/mol. The Morgan fingerprint density at radius 2 is 0.763 bits per heavy atom. The molecule has 0 aromatic heterocycles. The third-order valence-corrected chi connectivity index (χ3v) is 13.5. The zero-order chi connectivity index (χ0) is 39.3. The standard InChI is InChI=1S/C58H41N/c1-57(2)49-25-11-6-19-42(49)45-36-35-41(37-54(45)57)59(40-33-31-39(32-34-40)38-17-4-3-5-18-38)55-30-15-10-22-46(55)47-24-16-29-53-56(47)48-23-9-14-28-52(48)58(53)50-26-12-7-20-43(50)44-21-8-13-27-51(44)58/h3-37H,1-2H3. The second-order valence-electron chi connectivity index (χ2n) is 16.8. The molecule has 0 radical (unpaired) electrons. The fraction of sp³-hybridized carbons (Fsp3) is 0.0690. The predicted molar refractivity (Wildman–Crippen MR) is 246 cm³/mol. The van der Waals surface area contributed by atoms with Gasteiger partial charge < -0.3 is 4.90 Å². The van der Waals surface area contributed by atoms with Gasteiger partial charge in [-0.25, -0.2) is 0 Å². The lowest BCUT2D eigenvalue weighted by molar-refractivity contribution is 0.660. The molecule has 0 N–H and O–H groups in total. The van der Waals surface area contributed by atoms with E-state index in [9.17, 15) is 0 Å². The van der Waals surface area contributed by atoms with Gasteiger partial charge in [-0.3, -0.25) is 0 Å². The maximum atomic E-state index is 2.49. The van der Waals surface area contributed by atoms with Crippen molar-refractivity contribution in [3.63, 3.8) is 0 Å². The Hall–Kier alpha value is -7.22. The maximum Gasteiger partial charge on any atom is 0.0725 e. The van der Waals surface area contributed by atoms with E-state index >= 15 is 0 Å². The molecule has 12 rings (SSSR count). The van der Waals surface area contributed by atoms with Crippen molar-refractivity contribution in [2.75, 3.05) is 4.90 Å². The van der Waals surface area contributed by atoms with Crippen molar-refractivity contribution in [2.45, 2.75) is 24.7 Å². The minimum absolute atomic E-state index is 0.129. The molecule has 0 unspecified atom stereocenters. The van der Waals surface area contributed by atoms with Gasteiger partial charge in [-0.1, -0.05) is 196 Å². The number of benzene rings is 9. The third-order valence-electron chi connectivity index (χ3n) is 13.5. The van der Waals surface area contributed by atoms with Crippen molar-refractivity contribution in [2.24, 2.45) is 0 Å². The lowest BCUT2D eigenvalue weighted by Crippen LogP contribution is -2.25. The quantitative estimate of drug-likeness (QED) is 0.169. The largest absolute Gasteiger partial charge is 0.310 e. The summed E-state index contributed by atoms with van der Waals surface area (Å²) in [6.07, 6.45) is 0. The Bertz CT molecular complexity index is 3090. The van der Waals surface area contributed by atoms with E-state index < -0.39 is 5.41 Å². The van der Waals surface area contributed by atoms with Crippen LogP contribution in [0, 0.1) is 0 Å². The zero-order valence-corrected chi connectivity index (χ0v) is 33.2. The smallest absolute Gasteiger partial charge is 0.0725 e. The molecule has 0 bridgehead atoms. The molecule has 1 nitrogen and oxygen atoms in total. The first-order valence-electron chi connectivity index (χ1n) is 20.8. The van der Waals surface area contributed by atoms with E-state index in [2.05, 4.69) is 231 Å². The first-order valence-corrected chi connectivity index (χ1v) is 20.8. The van der Waals surface area contributed by atoms with E-state index in [1.165, 1.54) is 89.0 Å². The van der Waals surface area contributed by atoms with Gasteiger partial charge in [-0.15, -0.1) is 0 Å². The van der Waals surface area contributed by atoms with Gasteiger partial charge in [0.25, 0.3) is 0 Å². The average molecular weight is 752 g/mol. The monoisotopic (exact) mass is 751 g/mol. The lowest BCUT2D eigenvalue weighted by atomic mass is 9.70. The second kappa shape index (κ2) is 12.6. The number of rotatable bonds is 5. The van der Waals surface area contributed by atoms with Crippen molar-refractivity contribution < 1.29 is 0 Å². The summed E-state index contributed by atoms with van der Waals surface area (Å²) in [6, 6.07) is 79.1. The van der Waals surface area contributed by atoms with Gasteiger partial charge in [0.2, 0.25) is 0 Å². The highest BCUT2D eigenvalue weighted by atomic mass is 15.1. The molecule has 0 atom stereocenters. The molecule has 3 aliphatic rings. The molecule has 1 spiro atoms. The highest BCUT2D eigenvalue weighted by Crippen LogP contribution is 2.64. The van der Waals surface area contributed by atoms with Crippen LogP contribution in [0.1, 0.15) is 47.2 Å². The topological polar surface area (TPSA) is 3.24 Å². The Balaban J connectivity index is 1.10. The van der Waals surface area contributed by atoms with Crippen LogP contribution in [0.4, 0.5) is 17.1 Å². The van der Waals surface area contributed by atoms with E-state index in [4.69, 9.17) is 0 Å². The molecule has 3 aliphatic carbocycles. The third kappa shape index (κ3) is 4.67. The number of nitrogens with zero attached hydrogens (tertiary/aromatic N) is 1. The molecule has 1 heteroatoms. The van der Waals surface area contributed by atoms with Gasteiger partial charge in [0, 0.05) is 22.4 Å². The Kier molecular flexibility index (Phi) is 7.26. The summed E-state index contributed by atoms with van der Waals surface area (Å²) in [4.78, 5) is 2.49. The molecule has 0 saturated heterocycles. The minimum atomic E-state index is -0.405. The van der Waals surface area contributed by atoms with Gasteiger partial charge in [0.1, 0.15) is 0 Å². The Morgan fingerprint density at radius 3 is 1.44 bits per heavy atom. The highest BCUT2D eigenvalue weighted by molar-refractivity contribution is 6.02. The van der Waals surface area contributed by atoms with Crippen LogP contribution in [0.2, 0.25) is 0 Å². The van der Waals surface area contributed by atoms with Crippen molar-refractivity contribution in [3.8, 4) is 55.6 Å². The zero-order valence-electron chi connectivity index (χ0n) is 33.2. The molecule has 9 aromatic carbocycles. The first-order chi connectivity index (χ1) is 29.0. The summed E-state index contributed by atoms with van der Waals surface area (Å²) >= 11 is 0. The van der Waals surface area contributed by atoms with E-state index in [0.29, 0.717) is 0 Å². The molecule has 0 fully saturated rings. The Labute approximate surface area is 346 Å². The molecule has 9 aromatic rings. The summed E-state index contributed by atoms with van der Waals surface area (Å²) in [5.41, 5.74) is 23.8. The SMILES string of the molecule is CC1(C)c2ccccc2-c2ccc(N(c3ccc(-c4ccccc4)cc3)c3ccccc3-c3cccc4c3-c3ccccc3C43c4ccccc4-c4ccccc43)cc21. The number of para-hydroxylation sites is 1. The molecule has 0 aliphatic heterocycles. The maximum absolute atomic E-state index is 2.49. The lowest BCUT2D eigenvalue weighted by Gasteiger charge is -2.31. The van der Waals surface area contributed by atoms with Crippen LogP contribution in [0.5, 0.6) is 0 Å².